The van der Waals surface area contributed by atoms with E-state index < -0.39 is 0 Å². The third-order valence-corrected chi connectivity index (χ3v) is 3.93. The fourth-order valence-corrected chi connectivity index (χ4v) is 2.81. The minimum absolute atomic E-state index is 0.649. The molecule has 0 amide bonds. The summed E-state index contributed by atoms with van der Waals surface area (Å²) in [6.07, 6.45) is 4.14. The van der Waals surface area contributed by atoms with Gasteiger partial charge in [-0.15, -0.1) is 0 Å². The maximum atomic E-state index is 3.71. The van der Waals surface area contributed by atoms with Crippen molar-refractivity contribution in [2.75, 3.05) is 5.32 Å². The van der Waals surface area contributed by atoms with E-state index in [-0.39, 0.29) is 0 Å². The number of nitrogens with one attached hydrogen (secondary N) is 1. The van der Waals surface area contributed by atoms with E-state index in [1.807, 2.05) is 0 Å². The molecule has 2 atom stereocenters. The molecule has 88 valence electrons. The van der Waals surface area contributed by atoms with E-state index >= 15 is 0 Å². The van der Waals surface area contributed by atoms with Gasteiger partial charge in [0.25, 0.3) is 0 Å². The van der Waals surface area contributed by atoms with Crippen molar-refractivity contribution in [3.05, 3.63) is 29.8 Å². The largest absolute Gasteiger partial charge is 0.382 e. The lowest BCUT2D eigenvalue weighted by Gasteiger charge is -2.35. The number of rotatable bonds is 2. The molecule has 1 fully saturated rings. The summed E-state index contributed by atoms with van der Waals surface area (Å²) in [6, 6.07) is 9.41. The zero-order chi connectivity index (χ0) is 11.5. The van der Waals surface area contributed by atoms with Gasteiger partial charge in [0.05, 0.1) is 0 Å². The average Bonchev–Trinajstić information content (AvgIpc) is 2.26. The molecular formula is C15H23N. The molecule has 1 nitrogen and oxygen atoms in total. The molecule has 1 heteroatoms. The summed E-state index contributed by atoms with van der Waals surface area (Å²) >= 11 is 0. The van der Waals surface area contributed by atoms with Crippen LogP contribution in [0, 0.1) is 18.8 Å². The van der Waals surface area contributed by atoms with Crippen LogP contribution in [0.4, 0.5) is 5.69 Å². The highest BCUT2D eigenvalue weighted by Gasteiger charge is 2.27. The first kappa shape index (κ1) is 11.5. The Labute approximate surface area is 99.3 Å². The summed E-state index contributed by atoms with van der Waals surface area (Å²) < 4.78 is 0. The molecule has 2 unspecified atom stereocenters. The number of hydrogen-bond acceptors (Lipinski definition) is 1. The van der Waals surface area contributed by atoms with E-state index in [4.69, 9.17) is 0 Å². The lowest BCUT2D eigenvalue weighted by molar-refractivity contribution is 0.268. The molecule has 1 N–H and O–H groups in total. The molecule has 1 aromatic rings. The van der Waals surface area contributed by atoms with Crippen LogP contribution in [-0.2, 0) is 0 Å². The Morgan fingerprint density at radius 1 is 1.00 bits per heavy atom. The Morgan fingerprint density at radius 2 is 1.56 bits per heavy atom. The molecule has 0 radical (unpaired) electrons. The zero-order valence-electron chi connectivity index (χ0n) is 10.7. The van der Waals surface area contributed by atoms with Crippen LogP contribution >= 0.6 is 0 Å². The smallest absolute Gasteiger partial charge is 0.0342 e. The Morgan fingerprint density at radius 3 is 2.12 bits per heavy atom. The molecule has 0 saturated heterocycles. The summed E-state index contributed by atoms with van der Waals surface area (Å²) in [4.78, 5) is 0. The van der Waals surface area contributed by atoms with Gasteiger partial charge in [0, 0.05) is 11.7 Å². The van der Waals surface area contributed by atoms with Crippen LogP contribution in [0.25, 0.3) is 0 Å². The molecule has 1 aliphatic rings. The van der Waals surface area contributed by atoms with Crippen LogP contribution in [0.5, 0.6) is 0 Å². The van der Waals surface area contributed by atoms with Crippen LogP contribution in [0.2, 0.25) is 0 Å². The highest BCUT2D eigenvalue weighted by atomic mass is 14.9. The lowest BCUT2D eigenvalue weighted by Crippen LogP contribution is -2.36. The summed E-state index contributed by atoms with van der Waals surface area (Å²) in [5, 5.41) is 3.71. The molecule has 1 saturated carbocycles. The van der Waals surface area contributed by atoms with Gasteiger partial charge in [0.15, 0.2) is 0 Å². The van der Waals surface area contributed by atoms with Gasteiger partial charge in [-0.2, -0.15) is 0 Å². The maximum absolute atomic E-state index is 3.71. The van der Waals surface area contributed by atoms with Gasteiger partial charge in [-0.25, -0.2) is 0 Å². The predicted octanol–water partition coefficient (Wildman–Crippen LogP) is 4.23. The highest BCUT2D eigenvalue weighted by molar-refractivity contribution is 5.45. The normalized spacial score (nSPS) is 30.1. The van der Waals surface area contributed by atoms with Crippen molar-refractivity contribution in [3.63, 3.8) is 0 Å². The molecule has 1 aliphatic carbocycles. The van der Waals surface area contributed by atoms with Gasteiger partial charge in [0.1, 0.15) is 0 Å². The van der Waals surface area contributed by atoms with Crippen molar-refractivity contribution in [2.45, 2.75) is 46.1 Å². The minimum atomic E-state index is 0.649. The van der Waals surface area contributed by atoms with Crippen molar-refractivity contribution in [1.29, 1.82) is 0 Å². The van der Waals surface area contributed by atoms with Crippen LogP contribution in [0.1, 0.15) is 38.7 Å². The Kier molecular flexibility index (Phi) is 3.52. The summed E-state index contributed by atoms with van der Waals surface area (Å²) in [5.41, 5.74) is 2.60. The van der Waals surface area contributed by atoms with Gasteiger partial charge in [-0.3, -0.25) is 0 Å². The second-order valence-electron chi connectivity index (χ2n) is 5.42. The van der Waals surface area contributed by atoms with E-state index in [9.17, 15) is 0 Å². The molecule has 0 aliphatic heterocycles. The van der Waals surface area contributed by atoms with E-state index in [2.05, 4.69) is 50.4 Å². The molecule has 0 aromatic heterocycles. The Hall–Kier alpha value is -0.980. The summed E-state index contributed by atoms with van der Waals surface area (Å²) in [6.45, 7) is 6.89. The lowest BCUT2D eigenvalue weighted by atomic mass is 9.78. The van der Waals surface area contributed by atoms with Gasteiger partial charge < -0.3 is 5.32 Å². The Balaban J connectivity index is 2.04. The predicted molar refractivity (Wildman–Crippen MR) is 70.8 cm³/mol. The summed E-state index contributed by atoms with van der Waals surface area (Å²) in [5.74, 6) is 1.59. The minimum Gasteiger partial charge on any atom is -0.382 e. The van der Waals surface area contributed by atoms with Gasteiger partial charge in [-0.1, -0.05) is 38.0 Å². The van der Waals surface area contributed by atoms with E-state index in [0.29, 0.717) is 6.04 Å². The zero-order valence-corrected chi connectivity index (χ0v) is 10.7. The van der Waals surface area contributed by atoms with Gasteiger partial charge in [0.2, 0.25) is 0 Å². The first-order chi connectivity index (χ1) is 7.66. The second kappa shape index (κ2) is 4.90. The third-order valence-electron chi connectivity index (χ3n) is 3.93. The van der Waals surface area contributed by atoms with E-state index in [0.717, 1.165) is 11.8 Å². The van der Waals surface area contributed by atoms with Crippen LogP contribution < -0.4 is 5.32 Å². The number of benzene rings is 1. The number of anilines is 1. The van der Waals surface area contributed by atoms with Crippen molar-refractivity contribution >= 4 is 5.69 Å². The first-order valence-electron chi connectivity index (χ1n) is 6.50. The quantitative estimate of drug-likeness (QED) is 0.781. The third kappa shape index (κ3) is 2.58. The van der Waals surface area contributed by atoms with Crippen molar-refractivity contribution < 1.29 is 0 Å². The molecule has 1 aromatic carbocycles. The van der Waals surface area contributed by atoms with Crippen LogP contribution in [0.3, 0.4) is 0 Å². The fraction of sp³-hybridized carbons (Fsp3) is 0.600. The second-order valence-corrected chi connectivity index (χ2v) is 5.42. The van der Waals surface area contributed by atoms with Gasteiger partial charge >= 0.3 is 0 Å². The average molecular weight is 217 g/mol. The molecule has 0 spiro atoms. The SMILES string of the molecule is Cc1ccc(NC2C(C)CCCC2C)cc1. The molecule has 0 bridgehead atoms. The van der Waals surface area contributed by atoms with E-state index in [1.54, 1.807) is 0 Å². The molecule has 0 heterocycles. The standard InChI is InChI=1S/C15H23N/c1-11-7-9-14(10-8-11)16-15-12(2)5-4-6-13(15)3/h7-10,12-13,15-16H,4-6H2,1-3H3. The number of aryl methyl sites for hydroxylation is 1. The molecule has 16 heavy (non-hydrogen) atoms. The first-order valence-corrected chi connectivity index (χ1v) is 6.50. The monoisotopic (exact) mass is 217 g/mol. The molecular weight excluding hydrogens is 194 g/mol. The van der Waals surface area contributed by atoms with Gasteiger partial charge in [-0.05, 0) is 43.7 Å². The highest BCUT2D eigenvalue weighted by Crippen LogP contribution is 2.31. The topological polar surface area (TPSA) is 12.0 Å². The maximum Gasteiger partial charge on any atom is 0.0342 e. The fourth-order valence-electron chi connectivity index (χ4n) is 2.81. The van der Waals surface area contributed by atoms with Crippen molar-refractivity contribution in [3.8, 4) is 0 Å². The van der Waals surface area contributed by atoms with E-state index in [1.165, 1.54) is 30.5 Å². The Bertz CT molecular complexity index is 318. The summed E-state index contributed by atoms with van der Waals surface area (Å²) in [7, 11) is 0. The van der Waals surface area contributed by atoms with Crippen LogP contribution in [0.15, 0.2) is 24.3 Å². The number of hydrogen-bond donors (Lipinski definition) is 1. The van der Waals surface area contributed by atoms with Crippen molar-refractivity contribution in [2.24, 2.45) is 11.8 Å². The van der Waals surface area contributed by atoms with Crippen molar-refractivity contribution in [1.82, 2.24) is 0 Å². The molecule has 2 rings (SSSR count). The van der Waals surface area contributed by atoms with Crippen LogP contribution in [-0.4, -0.2) is 6.04 Å².